The molecule has 0 heterocycles. The lowest BCUT2D eigenvalue weighted by Crippen LogP contribution is -1.99. The third-order valence-electron chi connectivity index (χ3n) is 0.814. The molecule has 0 aliphatic carbocycles. The minimum Gasteiger partial charge on any atom is -0.222 e. The highest BCUT2D eigenvalue weighted by atomic mass is 35.6. The van der Waals surface area contributed by atoms with Crippen LogP contribution in [0, 0.1) is 10.8 Å². The van der Waals surface area contributed by atoms with E-state index in [-0.39, 0.29) is 0 Å². The van der Waals surface area contributed by atoms with Gasteiger partial charge in [0.15, 0.2) is 3.79 Å². The normalized spacial score (nSPS) is 8.00. The van der Waals surface area contributed by atoms with Crippen LogP contribution >= 0.6 is 34.8 Å². The first-order valence-electron chi connectivity index (χ1n) is 3.54. The van der Waals surface area contributed by atoms with E-state index in [1.165, 1.54) is 0 Å². The van der Waals surface area contributed by atoms with Gasteiger partial charge in [-0.2, -0.15) is 0 Å². The van der Waals surface area contributed by atoms with Gasteiger partial charge in [0.1, 0.15) is 0 Å². The van der Waals surface area contributed by atoms with E-state index in [0.717, 1.165) is 25.0 Å². The zero-order valence-corrected chi connectivity index (χ0v) is 9.84. The summed E-state index contributed by atoms with van der Waals surface area (Å²) < 4.78 is -1.03. The molecule has 82 valence electrons. The van der Waals surface area contributed by atoms with Gasteiger partial charge in [-0.25, -0.2) is 20.4 Å². The first-order chi connectivity index (χ1) is 6.39. The van der Waals surface area contributed by atoms with Gasteiger partial charge in [-0.1, -0.05) is 48.1 Å². The molecular formula is C7H11Cl3N2O2. The Morgan fingerprint density at radius 2 is 1.43 bits per heavy atom. The average molecular weight is 262 g/mol. The van der Waals surface area contributed by atoms with Gasteiger partial charge in [0.2, 0.25) is 12.2 Å². The molecular weight excluding hydrogens is 250 g/mol. The first-order valence-corrected chi connectivity index (χ1v) is 4.67. The second-order valence-electron chi connectivity index (χ2n) is 1.92. The molecule has 0 bridgehead atoms. The van der Waals surface area contributed by atoms with E-state index in [9.17, 15) is 0 Å². The Morgan fingerprint density at radius 1 is 1.14 bits per heavy atom. The SMILES string of the molecule is CCCCC(Cl)(Cl)Cl.N=C=O.N=C=O. The summed E-state index contributed by atoms with van der Waals surface area (Å²) in [6.07, 6.45) is 4.22. The predicted octanol–water partition coefficient (Wildman–Crippen LogP) is 3.35. The van der Waals surface area contributed by atoms with Gasteiger partial charge >= 0.3 is 0 Å². The van der Waals surface area contributed by atoms with Crippen molar-refractivity contribution in [3.63, 3.8) is 0 Å². The highest BCUT2D eigenvalue weighted by Crippen LogP contribution is 2.31. The minimum atomic E-state index is -1.03. The van der Waals surface area contributed by atoms with Crippen molar-refractivity contribution < 1.29 is 9.59 Å². The Balaban J connectivity index is -0.000000168. The summed E-state index contributed by atoms with van der Waals surface area (Å²) in [6.45, 7) is 2.07. The number of carbonyl (C=O) groups excluding carboxylic acids is 2. The topological polar surface area (TPSA) is 81.8 Å². The van der Waals surface area contributed by atoms with Gasteiger partial charge in [0.05, 0.1) is 0 Å². The molecule has 7 heteroatoms. The van der Waals surface area contributed by atoms with Gasteiger partial charge in [0, 0.05) is 0 Å². The zero-order chi connectivity index (χ0) is 12.0. The Labute approximate surface area is 97.5 Å². The maximum atomic E-state index is 8.35. The molecule has 4 nitrogen and oxygen atoms in total. The summed E-state index contributed by atoms with van der Waals surface area (Å²) in [6, 6.07) is 0. The Bertz CT molecular complexity index is 168. The molecule has 0 aliphatic rings. The summed E-state index contributed by atoms with van der Waals surface area (Å²) in [4.78, 5) is 16.7. The van der Waals surface area contributed by atoms with Crippen molar-refractivity contribution in [2.45, 2.75) is 30.0 Å². The molecule has 14 heavy (non-hydrogen) atoms. The van der Waals surface area contributed by atoms with E-state index >= 15 is 0 Å². The molecule has 0 aromatic carbocycles. The van der Waals surface area contributed by atoms with E-state index in [4.69, 9.17) is 55.2 Å². The van der Waals surface area contributed by atoms with Crippen molar-refractivity contribution >= 4 is 47.0 Å². The van der Waals surface area contributed by atoms with Crippen LogP contribution in [0.15, 0.2) is 0 Å². The quantitative estimate of drug-likeness (QED) is 0.454. The van der Waals surface area contributed by atoms with Crippen molar-refractivity contribution in [2.24, 2.45) is 0 Å². The van der Waals surface area contributed by atoms with E-state index in [0.29, 0.717) is 6.42 Å². The van der Waals surface area contributed by atoms with Gasteiger partial charge < -0.3 is 0 Å². The molecule has 0 saturated carbocycles. The van der Waals surface area contributed by atoms with Crippen LogP contribution in [0.3, 0.4) is 0 Å². The van der Waals surface area contributed by atoms with Crippen molar-refractivity contribution in [1.82, 2.24) is 0 Å². The lowest BCUT2D eigenvalue weighted by Gasteiger charge is -2.07. The average Bonchev–Trinajstić information content (AvgIpc) is 2.02. The second kappa shape index (κ2) is 15.1. The molecule has 0 rings (SSSR count). The fourth-order valence-corrected chi connectivity index (χ4v) is 0.778. The van der Waals surface area contributed by atoms with E-state index in [1.807, 2.05) is 0 Å². The lowest BCUT2D eigenvalue weighted by molar-refractivity contribution is 0.562. The highest BCUT2D eigenvalue weighted by Gasteiger charge is 2.17. The fourth-order valence-electron chi connectivity index (χ4n) is 0.377. The molecule has 0 aromatic heterocycles. The summed E-state index contributed by atoms with van der Waals surface area (Å²) >= 11 is 16.3. The van der Waals surface area contributed by atoms with Gasteiger partial charge in [0.25, 0.3) is 0 Å². The lowest BCUT2D eigenvalue weighted by atomic mass is 10.3. The van der Waals surface area contributed by atoms with Crippen LogP contribution in [-0.2, 0) is 9.59 Å². The molecule has 2 N–H and O–H groups in total. The van der Waals surface area contributed by atoms with Crippen LogP contribution in [0.25, 0.3) is 0 Å². The third kappa shape index (κ3) is 61.3. The van der Waals surface area contributed by atoms with Crippen LogP contribution in [-0.4, -0.2) is 16.0 Å². The number of isocyanates is 2. The number of nitrogens with one attached hydrogen (secondary N) is 2. The molecule has 0 saturated heterocycles. The van der Waals surface area contributed by atoms with Crippen molar-refractivity contribution in [3.8, 4) is 0 Å². The number of rotatable bonds is 2. The van der Waals surface area contributed by atoms with Crippen molar-refractivity contribution in [1.29, 1.82) is 10.8 Å². The molecule has 0 aromatic rings. The number of unbranched alkanes of at least 4 members (excludes halogenated alkanes) is 1. The van der Waals surface area contributed by atoms with Crippen LogP contribution < -0.4 is 0 Å². The molecule has 0 unspecified atom stereocenters. The minimum absolute atomic E-state index is 0.661. The van der Waals surface area contributed by atoms with Crippen molar-refractivity contribution in [3.05, 3.63) is 0 Å². The molecule has 0 spiro atoms. The molecule has 0 amide bonds. The predicted molar refractivity (Wildman–Crippen MR) is 56.6 cm³/mol. The van der Waals surface area contributed by atoms with E-state index < -0.39 is 3.79 Å². The van der Waals surface area contributed by atoms with Crippen molar-refractivity contribution in [2.75, 3.05) is 0 Å². The van der Waals surface area contributed by atoms with Crippen LogP contribution in [0.1, 0.15) is 26.2 Å². The first kappa shape index (κ1) is 19.2. The smallest absolute Gasteiger partial charge is 0.222 e. The number of halogens is 3. The molecule has 0 atom stereocenters. The van der Waals surface area contributed by atoms with Gasteiger partial charge in [-0.3, -0.25) is 0 Å². The summed E-state index contributed by atoms with van der Waals surface area (Å²) in [7, 11) is 0. The summed E-state index contributed by atoms with van der Waals surface area (Å²) in [5.74, 6) is 0. The van der Waals surface area contributed by atoms with Gasteiger partial charge in [-0.05, 0) is 12.8 Å². The maximum Gasteiger partial charge on any atom is 0.231 e. The largest absolute Gasteiger partial charge is 0.231 e. The van der Waals surface area contributed by atoms with Crippen LogP contribution in [0.2, 0.25) is 0 Å². The Kier molecular flexibility index (Phi) is 20.8. The number of alkyl halides is 3. The Morgan fingerprint density at radius 3 is 1.50 bits per heavy atom. The van der Waals surface area contributed by atoms with Crippen LogP contribution in [0.4, 0.5) is 0 Å². The van der Waals surface area contributed by atoms with E-state index in [1.54, 1.807) is 0 Å². The zero-order valence-electron chi connectivity index (χ0n) is 7.57. The second-order valence-corrected chi connectivity index (χ2v) is 4.44. The molecule has 0 fully saturated rings. The fraction of sp³-hybridized carbons (Fsp3) is 0.714. The third-order valence-corrected chi connectivity index (χ3v) is 1.38. The maximum absolute atomic E-state index is 8.35. The number of hydrogen-bond acceptors (Lipinski definition) is 4. The molecule has 0 aliphatic heterocycles. The monoisotopic (exact) mass is 260 g/mol. The summed E-state index contributed by atoms with van der Waals surface area (Å²) in [5.41, 5.74) is 0. The highest BCUT2D eigenvalue weighted by molar-refractivity contribution is 6.67. The number of hydrogen-bond donors (Lipinski definition) is 2. The van der Waals surface area contributed by atoms with E-state index in [2.05, 4.69) is 6.92 Å². The van der Waals surface area contributed by atoms with Gasteiger partial charge in [-0.15, -0.1) is 0 Å². The van der Waals surface area contributed by atoms with Crippen LogP contribution in [0.5, 0.6) is 0 Å². The standard InChI is InChI=1S/C5H9Cl3.2CHNO/c1-2-3-4-5(6,7)8;2*2-1-3/h2-4H2,1H3;2*2H. The Hall–Kier alpha value is -0.370. The molecule has 0 radical (unpaired) electrons. The summed E-state index contributed by atoms with van der Waals surface area (Å²) in [5, 5.41) is 10.8.